The summed E-state index contributed by atoms with van der Waals surface area (Å²) in [6, 6.07) is 8.81. The van der Waals surface area contributed by atoms with Crippen molar-refractivity contribution in [1.82, 2.24) is 30.2 Å². The molecule has 8 heteroatoms. The van der Waals surface area contributed by atoms with Crippen molar-refractivity contribution in [2.45, 2.75) is 76.9 Å². The maximum absolute atomic E-state index is 9.79. The number of imidazole rings is 1. The van der Waals surface area contributed by atoms with Crippen LogP contribution in [0.1, 0.15) is 85.8 Å². The minimum atomic E-state index is -0.106. The molecule has 2 N–H and O–H groups in total. The standard InChI is InChI=1S/C22H29ClN6O/c1-2-3-8-20-24-21(23)19(14-30)29(20)13-15-9-11-16(12-10-15)17-6-4-5-7-18(17)22-25-27-28-26-22/h9-12,17-18,30H,2-8,13-14H2,1H3,(H,25,26,27,28)/t17-,18+/m0/s1. The van der Waals surface area contributed by atoms with E-state index in [0.717, 1.165) is 43.8 Å². The van der Waals surface area contributed by atoms with E-state index in [0.29, 0.717) is 29.2 Å². The van der Waals surface area contributed by atoms with Crippen molar-refractivity contribution < 1.29 is 5.11 Å². The summed E-state index contributed by atoms with van der Waals surface area (Å²) in [5.41, 5.74) is 3.20. The number of hydrogen-bond donors (Lipinski definition) is 2. The van der Waals surface area contributed by atoms with Gasteiger partial charge in [-0.25, -0.2) is 10.1 Å². The zero-order chi connectivity index (χ0) is 20.9. The van der Waals surface area contributed by atoms with Crippen LogP contribution in [0, 0.1) is 0 Å². The number of aliphatic hydroxyl groups is 1. The molecule has 2 aromatic heterocycles. The van der Waals surface area contributed by atoms with Gasteiger partial charge in [0.05, 0.1) is 12.3 Å². The summed E-state index contributed by atoms with van der Waals surface area (Å²) in [5, 5.41) is 24.9. The highest BCUT2D eigenvalue weighted by Crippen LogP contribution is 2.42. The molecule has 1 aliphatic rings. The van der Waals surface area contributed by atoms with E-state index in [1.165, 1.54) is 24.0 Å². The number of benzene rings is 1. The highest BCUT2D eigenvalue weighted by atomic mass is 35.5. The zero-order valence-corrected chi connectivity index (χ0v) is 18.1. The summed E-state index contributed by atoms with van der Waals surface area (Å²) in [6.45, 7) is 2.72. The number of unbranched alkanes of at least 4 members (excludes halogenated alkanes) is 1. The van der Waals surface area contributed by atoms with E-state index in [2.05, 4.69) is 61.4 Å². The van der Waals surface area contributed by atoms with Gasteiger partial charge in [-0.05, 0) is 46.7 Å². The Balaban J connectivity index is 1.54. The van der Waals surface area contributed by atoms with E-state index >= 15 is 0 Å². The molecule has 0 unspecified atom stereocenters. The molecule has 2 heterocycles. The molecule has 0 saturated heterocycles. The van der Waals surface area contributed by atoms with Gasteiger partial charge in [0.2, 0.25) is 0 Å². The van der Waals surface area contributed by atoms with Crippen LogP contribution in [0.2, 0.25) is 5.15 Å². The minimum absolute atomic E-state index is 0.106. The summed E-state index contributed by atoms with van der Waals surface area (Å²) in [6.07, 6.45) is 7.72. The molecule has 1 aliphatic carbocycles. The number of aryl methyl sites for hydroxylation is 1. The quantitative estimate of drug-likeness (QED) is 0.555. The van der Waals surface area contributed by atoms with Gasteiger partial charge in [0.15, 0.2) is 11.0 Å². The van der Waals surface area contributed by atoms with E-state index in [4.69, 9.17) is 11.6 Å². The summed E-state index contributed by atoms with van der Waals surface area (Å²) < 4.78 is 2.07. The Morgan fingerprint density at radius 1 is 1.17 bits per heavy atom. The average Bonchev–Trinajstić information content (AvgIpc) is 3.41. The van der Waals surface area contributed by atoms with Gasteiger partial charge in [0.1, 0.15) is 5.82 Å². The fraction of sp³-hybridized carbons (Fsp3) is 0.545. The van der Waals surface area contributed by atoms with Gasteiger partial charge >= 0.3 is 0 Å². The maximum atomic E-state index is 9.79. The van der Waals surface area contributed by atoms with Crippen LogP contribution in [0.15, 0.2) is 24.3 Å². The van der Waals surface area contributed by atoms with Gasteiger partial charge in [-0.3, -0.25) is 0 Å². The van der Waals surface area contributed by atoms with Crippen LogP contribution < -0.4 is 0 Å². The highest BCUT2D eigenvalue weighted by molar-refractivity contribution is 6.30. The molecule has 1 fully saturated rings. The van der Waals surface area contributed by atoms with Gasteiger partial charge < -0.3 is 9.67 Å². The number of nitrogens with zero attached hydrogens (tertiary/aromatic N) is 5. The van der Waals surface area contributed by atoms with Gasteiger partial charge in [0, 0.05) is 18.9 Å². The van der Waals surface area contributed by atoms with Crippen LogP contribution in [-0.4, -0.2) is 35.3 Å². The van der Waals surface area contributed by atoms with Crippen molar-refractivity contribution in [3.63, 3.8) is 0 Å². The predicted octanol–water partition coefficient (Wildman–Crippen LogP) is 4.37. The van der Waals surface area contributed by atoms with Crippen LogP contribution in [0.4, 0.5) is 0 Å². The fourth-order valence-electron chi connectivity index (χ4n) is 4.60. The van der Waals surface area contributed by atoms with Crippen molar-refractivity contribution in [3.8, 4) is 0 Å². The molecular formula is C22H29ClN6O. The van der Waals surface area contributed by atoms with Crippen molar-refractivity contribution in [2.24, 2.45) is 0 Å². The van der Waals surface area contributed by atoms with Crippen LogP contribution in [-0.2, 0) is 19.6 Å². The molecule has 160 valence electrons. The molecular weight excluding hydrogens is 400 g/mol. The molecule has 30 heavy (non-hydrogen) atoms. The third-order valence-electron chi connectivity index (χ3n) is 6.23. The summed E-state index contributed by atoms with van der Waals surface area (Å²) in [7, 11) is 0. The van der Waals surface area contributed by atoms with E-state index in [9.17, 15) is 5.11 Å². The predicted molar refractivity (Wildman–Crippen MR) is 115 cm³/mol. The summed E-state index contributed by atoms with van der Waals surface area (Å²) in [5.74, 6) is 2.61. The summed E-state index contributed by atoms with van der Waals surface area (Å²) >= 11 is 6.28. The first-order valence-electron chi connectivity index (χ1n) is 10.9. The molecule has 1 saturated carbocycles. The van der Waals surface area contributed by atoms with Crippen LogP contribution >= 0.6 is 11.6 Å². The SMILES string of the molecule is CCCCc1nc(Cl)c(CO)n1Cc1ccc([C@@H]2CCCC[C@H]2c2nnn[nH]2)cc1. The lowest BCUT2D eigenvalue weighted by molar-refractivity contribution is 0.271. The normalized spacial score (nSPS) is 19.3. The van der Waals surface area contributed by atoms with E-state index in [-0.39, 0.29) is 6.61 Å². The number of aromatic amines is 1. The number of H-pyrrole nitrogens is 1. The third kappa shape index (κ3) is 4.42. The van der Waals surface area contributed by atoms with Crippen LogP contribution in [0.3, 0.4) is 0 Å². The Kier molecular flexibility index (Phi) is 6.79. The Morgan fingerprint density at radius 2 is 1.93 bits per heavy atom. The van der Waals surface area contributed by atoms with E-state index in [1.54, 1.807) is 0 Å². The first kappa shape index (κ1) is 21.0. The smallest absolute Gasteiger partial charge is 0.152 e. The Hall–Kier alpha value is -2.25. The number of aromatic nitrogens is 6. The maximum Gasteiger partial charge on any atom is 0.152 e. The molecule has 2 atom stereocenters. The zero-order valence-electron chi connectivity index (χ0n) is 17.4. The molecule has 3 aromatic rings. The Morgan fingerprint density at radius 3 is 2.60 bits per heavy atom. The molecule has 0 aliphatic heterocycles. The largest absolute Gasteiger partial charge is 0.390 e. The lowest BCUT2D eigenvalue weighted by atomic mass is 9.75. The number of rotatable bonds is 8. The van der Waals surface area contributed by atoms with E-state index < -0.39 is 0 Å². The van der Waals surface area contributed by atoms with Gasteiger partial charge in [-0.2, -0.15) is 0 Å². The molecule has 4 rings (SSSR count). The van der Waals surface area contributed by atoms with Gasteiger partial charge in [-0.15, -0.1) is 5.10 Å². The van der Waals surface area contributed by atoms with Crippen molar-refractivity contribution in [2.75, 3.05) is 0 Å². The highest BCUT2D eigenvalue weighted by Gasteiger charge is 2.30. The lowest BCUT2D eigenvalue weighted by Gasteiger charge is -2.30. The van der Waals surface area contributed by atoms with Crippen molar-refractivity contribution in [3.05, 3.63) is 57.9 Å². The number of nitrogens with one attached hydrogen (secondary N) is 1. The molecule has 0 spiro atoms. The average molecular weight is 429 g/mol. The van der Waals surface area contributed by atoms with Crippen LogP contribution in [0.25, 0.3) is 0 Å². The molecule has 7 nitrogen and oxygen atoms in total. The third-order valence-corrected chi connectivity index (χ3v) is 6.54. The second-order valence-corrected chi connectivity index (χ2v) is 8.50. The first-order valence-corrected chi connectivity index (χ1v) is 11.3. The second kappa shape index (κ2) is 9.71. The minimum Gasteiger partial charge on any atom is -0.390 e. The Bertz CT molecular complexity index is 937. The fourth-order valence-corrected chi connectivity index (χ4v) is 4.86. The molecule has 0 bridgehead atoms. The molecule has 1 aromatic carbocycles. The second-order valence-electron chi connectivity index (χ2n) is 8.14. The number of aliphatic hydroxyl groups excluding tert-OH is 1. The van der Waals surface area contributed by atoms with Crippen LogP contribution in [0.5, 0.6) is 0 Å². The first-order chi connectivity index (χ1) is 14.7. The van der Waals surface area contributed by atoms with Gasteiger partial charge in [0.25, 0.3) is 0 Å². The van der Waals surface area contributed by atoms with Crippen molar-refractivity contribution >= 4 is 11.6 Å². The molecule has 0 amide bonds. The lowest BCUT2D eigenvalue weighted by Crippen LogP contribution is -2.17. The monoisotopic (exact) mass is 428 g/mol. The number of hydrogen-bond acceptors (Lipinski definition) is 5. The Labute approximate surface area is 181 Å². The molecule has 0 radical (unpaired) electrons. The number of tetrazole rings is 1. The summed E-state index contributed by atoms with van der Waals surface area (Å²) in [4.78, 5) is 4.49. The van der Waals surface area contributed by atoms with Gasteiger partial charge in [-0.1, -0.05) is 62.1 Å². The topological polar surface area (TPSA) is 92.5 Å². The van der Waals surface area contributed by atoms with E-state index in [1.807, 2.05) is 0 Å². The number of halogens is 1. The van der Waals surface area contributed by atoms with Crippen molar-refractivity contribution in [1.29, 1.82) is 0 Å².